The van der Waals surface area contributed by atoms with Crippen molar-refractivity contribution in [3.05, 3.63) is 42.3 Å². The summed E-state index contributed by atoms with van der Waals surface area (Å²) >= 11 is 0. The van der Waals surface area contributed by atoms with Crippen molar-refractivity contribution < 1.29 is 9.15 Å². The highest BCUT2D eigenvalue weighted by molar-refractivity contribution is 14.0. The minimum atomic E-state index is 0. The predicted octanol–water partition coefficient (Wildman–Crippen LogP) is 3.39. The van der Waals surface area contributed by atoms with E-state index < -0.39 is 0 Å². The van der Waals surface area contributed by atoms with Crippen LogP contribution in [-0.4, -0.2) is 49.7 Å². The van der Waals surface area contributed by atoms with Gasteiger partial charge in [-0.3, -0.25) is 4.99 Å². The molecule has 0 radical (unpaired) electrons. The first kappa shape index (κ1) is 20.7. The maximum absolute atomic E-state index is 5.69. The molecule has 6 nitrogen and oxygen atoms in total. The molecule has 1 aliphatic carbocycles. The third kappa shape index (κ3) is 6.28. The average Bonchev–Trinajstić information content (AvgIpc) is 3.35. The summed E-state index contributed by atoms with van der Waals surface area (Å²) in [5, 5.41) is 3.31. The van der Waals surface area contributed by atoms with E-state index >= 15 is 0 Å². The van der Waals surface area contributed by atoms with Crippen LogP contribution in [0.4, 0.5) is 0 Å². The number of nitrogens with zero attached hydrogens (tertiary/aromatic N) is 3. The molecule has 0 atom stereocenters. The lowest BCUT2D eigenvalue weighted by Gasteiger charge is -2.21. The quantitative estimate of drug-likeness (QED) is 0.278. The Morgan fingerprint density at radius 3 is 2.81 bits per heavy atom. The summed E-state index contributed by atoms with van der Waals surface area (Å²) in [5.74, 6) is 2.25. The zero-order chi connectivity index (χ0) is 17.5. The Kier molecular flexibility index (Phi) is 8.37. The molecular formula is C19H27IN4O2. The van der Waals surface area contributed by atoms with Crippen LogP contribution in [0.2, 0.25) is 0 Å². The fourth-order valence-corrected chi connectivity index (χ4v) is 2.50. The number of hydrogen-bond acceptors (Lipinski definition) is 4. The molecule has 0 amide bonds. The summed E-state index contributed by atoms with van der Waals surface area (Å²) in [6, 6.07) is 9.89. The van der Waals surface area contributed by atoms with Gasteiger partial charge in [0.2, 0.25) is 5.89 Å². The normalized spacial score (nSPS) is 14.0. The van der Waals surface area contributed by atoms with Gasteiger partial charge in [0.25, 0.3) is 0 Å². The Bertz CT molecular complexity index is 686. The number of hydrogen-bond donors (Lipinski definition) is 1. The fraction of sp³-hybridized carbons (Fsp3) is 0.474. The van der Waals surface area contributed by atoms with E-state index in [-0.39, 0.29) is 24.0 Å². The number of guanidine groups is 1. The lowest BCUT2D eigenvalue weighted by Crippen LogP contribution is -2.40. The highest BCUT2D eigenvalue weighted by Gasteiger charge is 2.21. The number of rotatable bonds is 8. The predicted molar refractivity (Wildman–Crippen MR) is 114 cm³/mol. The van der Waals surface area contributed by atoms with Crippen LogP contribution in [0.3, 0.4) is 0 Å². The van der Waals surface area contributed by atoms with Crippen molar-refractivity contribution in [2.24, 2.45) is 10.9 Å². The molecule has 0 saturated heterocycles. The van der Waals surface area contributed by atoms with Gasteiger partial charge < -0.3 is 19.4 Å². The zero-order valence-corrected chi connectivity index (χ0v) is 17.7. The molecule has 1 heterocycles. The Balaban J connectivity index is 0.00000243. The molecule has 1 N–H and O–H groups in total. The van der Waals surface area contributed by atoms with Crippen molar-refractivity contribution in [3.63, 3.8) is 0 Å². The van der Waals surface area contributed by atoms with E-state index in [0.29, 0.717) is 12.4 Å². The van der Waals surface area contributed by atoms with Gasteiger partial charge in [0.1, 0.15) is 6.26 Å². The number of aromatic nitrogens is 1. The first-order valence-electron chi connectivity index (χ1n) is 8.75. The minimum Gasteiger partial charge on any atom is -0.444 e. The highest BCUT2D eigenvalue weighted by Crippen LogP contribution is 2.28. The van der Waals surface area contributed by atoms with Crippen LogP contribution in [0.25, 0.3) is 11.5 Å². The number of aliphatic imine (C=N–C) groups is 1. The number of halogens is 1. The van der Waals surface area contributed by atoms with Crippen molar-refractivity contribution in [1.82, 2.24) is 15.2 Å². The van der Waals surface area contributed by atoms with Gasteiger partial charge >= 0.3 is 0 Å². The van der Waals surface area contributed by atoms with E-state index in [1.54, 1.807) is 13.3 Å². The fourth-order valence-electron chi connectivity index (χ4n) is 2.50. The Labute approximate surface area is 172 Å². The van der Waals surface area contributed by atoms with Gasteiger partial charge in [0, 0.05) is 32.8 Å². The van der Waals surface area contributed by atoms with Crippen molar-refractivity contribution in [2.75, 3.05) is 33.9 Å². The lowest BCUT2D eigenvalue weighted by molar-refractivity contribution is 0.115. The van der Waals surface area contributed by atoms with Gasteiger partial charge in [-0.1, -0.05) is 18.2 Å². The zero-order valence-electron chi connectivity index (χ0n) is 15.4. The van der Waals surface area contributed by atoms with E-state index in [1.165, 1.54) is 12.8 Å². The molecule has 1 fully saturated rings. The SMILES string of the molecule is CN=C(NCc1coc(-c2ccccc2)n1)N(C)CCOCC1CC1.I. The summed E-state index contributed by atoms with van der Waals surface area (Å²) < 4.78 is 11.2. The second-order valence-electron chi connectivity index (χ2n) is 6.35. The molecular weight excluding hydrogens is 443 g/mol. The number of likely N-dealkylation sites (N-methyl/N-ethyl adjacent to an activating group) is 1. The second-order valence-corrected chi connectivity index (χ2v) is 6.35. The molecule has 0 aliphatic heterocycles. The number of oxazole rings is 1. The van der Waals surface area contributed by atoms with Crippen molar-refractivity contribution in [3.8, 4) is 11.5 Å². The third-order valence-corrected chi connectivity index (χ3v) is 4.19. The van der Waals surface area contributed by atoms with Crippen LogP contribution in [0.1, 0.15) is 18.5 Å². The van der Waals surface area contributed by atoms with Gasteiger partial charge in [0.05, 0.1) is 18.8 Å². The van der Waals surface area contributed by atoms with Crippen LogP contribution >= 0.6 is 24.0 Å². The number of nitrogens with one attached hydrogen (secondary N) is 1. The minimum absolute atomic E-state index is 0. The molecule has 2 aromatic rings. The van der Waals surface area contributed by atoms with Crippen molar-refractivity contribution in [1.29, 1.82) is 0 Å². The molecule has 1 aromatic carbocycles. The molecule has 1 aromatic heterocycles. The van der Waals surface area contributed by atoms with E-state index in [2.05, 4.69) is 20.2 Å². The maximum Gasteiger partial charge on any atom is 0.226 e. The number of ether oxygens (including phenoxy) is 1. The van der Waals surface area contributed by atoms with Gasteiger partial charge in [-0.05, 0) is 30.9 Å². The summed E-state index contributed by atoms with van der Waals surface area (Å²) in [7, 11) is 3.79. The summed E-state index contributed by atoms with van der Waals surface area (Å²) in [4.78, 5) is 10.9. The second kappa shape index (κ2) is 10.5. The lowest BCUT2D eigenvalue weighted by atomic mass is 10.2. The van der Waals surface area contributed by atoms with E-state index in [1.807, 2.05) is 37.4 Å². The molecule has 1 saturated carbocycles. The van der Waals surface area contributed by atoms with Gasteiger partial charge in [-0.15, -0.1) is 24.0 Å². The van der Waals surface area contributed by atoms with Crippen molar-refractivity contribution >= 4 is 29.9 Å². The van der Waals surface area contributed by atoms with Crippen LogP contribution in [0, 0.1) is 5.92 Å². The Hall–Kier alpha value is -1.61. The molecule has 3 rings (SSSR count). The smallest absolute Gasteiger partial charge is 0.226 e. The van der Waals surface area contributed by atoms with Crippen LogP contribution in [0.5, 0.6) is 0 Å². The molecule has 0 unspecified atom stereocenters. The molecule has 0 bridgehead atoms. The third-order valence-electron chi connectivity index (χ3n) is 4.19. The largest absolute Gasteiger partial charge is 0.444 e. The van der Waals surface area contributed by atoms with E-state index in [9.17, 15) is 0 Å². The maximum atomic E-state index is 5.69. The van der Waals surface area contributed by atoms with Gasteiger partial charge in [-0.2, -0.15) is 0 Å². The molecule has 1 aliphatic rings. The highest BCUT2D eigenvalue weighted by atomic mass is 127. The van der Waals surface area contributed by atoms with E-state index in [4.69, 9.17) is 9.15 Å². The van der Waals surface area contributed by atoms with Gasteiger partial charge in [0.15, 0.2) is 5.96 Å². The Morgan fingerprint density at radius 2 is 2.12 bits per heavy atom. The topological polar surface area (TPSA) is 62.9 Å². The standard InChI is InChI=1S/C19H26N4O2.HI/c1-20-19(23(2)10-11-24-13-15-8-9-15)21-12-17-14-25-18(22-17)16-6-4-3-5-7-16;/h3-7,14-15H,8-13H2,1-2H3,(H,20,21);1H. The van der Waals surface area contributed by atoms with Gasteiger partial charge in [-0.25, -0.2) is 4.98 Å². The van der Waals surface area contributed by atoms with Crippen LogP contribution in [-0.2, 0) is 11.3 Å². The van der Waals surface area contributed by atoms with Crippen LogP contribution in [0.15, 0.2) is 46.0 Å². The Morgan fingerprint density at radius 1 is 1.35 bits per heavy atom. The summed E-state index contributed by atoms with van der Waals surface area (Å²) in [5.41, 5.74) is 1.82. The number of benzene rings is 1. The first-order valence-corrected chi connectivity index (χ1v) is 8.75. The monoisotopic (exact) mass is 470 g/mol. The summed E-state index contributed by atoms with van der Waals surface area (Å²) in [6.45, 7) is 2.98. The molecule has 26 heavy (non-hydrogen) atoms. The molecule has 0 spiro atoms. The summed E-state index contributed by atoms with van der Waals surface area (Å²) in [6.07, 6.45) is 4.32. The molecule has 142 valence electrons. The first-order chi connectivity index (χ1) is 12.3. The van der Waals surface area contributed by atoms with Crippen molar-refractivity contribution in [2.45, 2.75) is 19.4 Å². The average molecular weight is 470 g/mol. The van der Waals surface area contributed by atoms with Crippen LogP contribution < -0.4 is 5.32 Å². The van der Waals surface area contributed by atoms with E-state index in [0.717, 1.165) is 42.9 Å². The molecule has 7 heteroatoms.